The Balaban J connectivity index is 1.46. The number of nitrogens with two attached hydrogens (primary N) is 1. The first-order chi connectivity index (χ1) is 20.0. The Labute approximate surface area is 245 Å². The summed E-state index contributed by atoms with van der Waals surface area (Å²) in [6, 6.07) is 0. The number of hydrogen-bond acceptors (Lipinski definition) is 18. The maximum atomic E-state index is 16.1. The fourth-order valence-corrected chi connectivity index (χ4v) is 7.36. The molecule has 0 bridgehead atoms. The van der Waals surface area contributed by atoms with E-state index in [1.807, 2.05) is 0 Å². The smallest absolute Gasteiger partial charge is 0.394 e. The molecule has 2 aromatic rings. The van der Waals surface area contributed by atoms with Crippen molar-refractivity contribution in [2.45, 2.75) is 60.9 Å². The lowest BCUT2D eigenvalue weighted by Gasteiger charge is -2.41. The first kappa shape index (κ1) is 34.0. The van der Waals surface area contributed by atoms with Crippen LogP contribution < -0.4 is 5.73 Å². The number of hydrogen-bond donors (Lipinski definition) is 9. The Morgan fingerprint density at radius 3 is 2.60 bits per heavy atom. The molecule has 0 spiro atoms. The number of fused-ring (bicyclic) bond motifs is 1. The monoisotopic (exact) mass is 676 g/mol. The maximum Gasteiger partial charge on any atom is 0.481 e. The third-order valence-corrected chi connectivity index (χ3v) is 9.86. The minimum absolute atomic E-state index is 0.00513. The Bertz CT molecular complexity index is 1470. The normalized spacial score (nSPS) is 36.5. The molecule has 2 aliphatic heterocycles. The van der Waals surface area contributed by atoms with E-state index in [0.29, 0.717) is 0 Å². The number of aliphatic hydroxyl groups is 6. The summed E-state index contributed by atoms with van der Waals surface area (Å²) in [5.74, 6) is -0.0795. The van der Waals surface area contributed by atoms with Gasteiger partial charge in [-0.15, -0.1) is 10.8 Å². The van der Waals surface area contributed by atoms with Crippen molar-refractivity contribution in [1.29, 1.82) is 0 Å². The molecular formula is C19H27FN6O14P2S. The quantitative estimate of drug-likeness (QED) is 0.0829. The minimum atomic E-state index is -5.53. The molecule has 43 heavy (non-hydrogen) atoms. The molecule has 7 unspecified atom stereocenters. The molecule has 240 valence electrons. The van der Waals surface area contributed by atoms with E-state index in [9.17, 15) is 39.9 Å². The van der Waals surface area contributed by atoms with Gasteiger partial charge in [0, 0.05) is 6.08 Å². The average molecular weight is 676 g/mol. The zero-order valence-electron chi connectivity index (χ0n) is 21.5. The van der Waals surface area contributed by atoms with E-state index < -0.39 is 88.7 Å². The van der Waals surface area contributed by atoms with Gasteiger partial charge in [-0.25, -0.2) is 23.2 Å². The number of aliphatic hydroxyl groups excluding tert-OH is 6. The number of phosphoric ester groups is 1. The van der Waals surface area contributed by atoms with Gasteiger partial charge in [0.05, 0.1) is 13.2 Å². The highest BCUT2D eigenvalue weighted by molar-refractivity contribution is 8.08. The molecule has 0 saturated carbocycles. The van der Waals surface area contributed by atoms with Crippen LogP contribution in [0.2, 0.25) is 0 Å². The fourth-order valence-electron chi connectivity index (χ4n) is 4.26. The number of halogens is 1. The number of ether oxygens (including phenoxy) is 2. The molecule has 2 aromatic heterocycles. The minimum Gasteiger partial charge on any atom is -0.394 e. The molecule has 0 amide bonds. The van der Waals surface area contributed by atoms with E-state index in [2.05, 4.69) is 41.4 Å². The van der Waals surface area contributed by atoms with Crippen molar-refractivity contribution in [3.63, 3.8) is 0 Å². The number of nitrogens with zero attached hydrogens (tertiary/aromatic N) is 5. The van der Waals surface area contributed by atoms with E-state index in [1.54, 1.807) is 0 Å². The zero-order chi connectivity index (χ0) is 31.9. The molecule has 2 fully saturated rings. The van der Waals surface area contributed by atoms with Crippen LogP contribution in [0.4, 0.5) is 10.2 Å². The summed E-state index contributed by atoms with van der Waals surface area (Å²) in [7, 11) is -5.53. The summed E-state index contributed by atoms with van der Waals surface area (Å²) in [5.41, 5.74) is 5.06. The third-order valence-electron chi connectivity index (χ3n) is 6.34. The van der Waals surface area contributed by atoms with Crippen molar-refractivity contribution in [1.82, 2.24) is 25.0 Å². The van der Waals surface area contributed by atoms with Crippen molar-refractivity contribution < 1.29 is 72.2 Å². The standard InChI is InChI=1S/C19H27FN6O14P2S/c1-2-3-19(20)14(32)8(37-18(19)26-16-9(24-25-26)15(21)22-6-23-16)5-36-42(35,43)40-41(33,34)39-17-12(31)10(29)11(30)13(38-17)7(28)4-27/h3,6-8,10-14,17-18,27-32H,1,4-5H2,(H,33,34)(H,35,43)(H2,21,22,23)/t7-,8+,10?,11?,12?,13?,14+,17?,18+,19+,42?/m0/s1. The number of alkyl halides is 1. The molecule has 2 saturated heterocycles. The summed E-state index contributed by atoms with van der Waals surface area (Å²) in [4.78, 5) is 28.2. The van der Waals surface area contributed by atoms with Gasteiger partial charge in [-0.1, -0.05) is 11.8 Å². The highest BCUT2D eigenvalue weighted by Gasteiger charge is 2.58. The second kappa shape index (κ2) is 12.8. The molecule has 10 N–H and O–H groups in total. The van der Waals surface area contributed by atoms with Gasteiger partial charge in [0.15, 0.2) is 29.5 Å². The second-order valence-corrected chi connectivity index (χ2v) is 13.6. The summed E-state index contributed by atoms with van der Waals surface area (Å²) in [6.07, 6.45) is -15.7. The number of rotatable bonds is 11. The van der Waals surface area contributed by atoms with E-state index in [1.165, 1.54) is 0 Å². The largest absolute Gasteiger partial charge is 0.481 e. The number of nitrogen functional groups attached to an aromatic ring is 1. The summed E-state index contributed by atoms with van der Waals surface area (Å²) in [6.45, 7) is -3.42. The van der Waals surface area contributed by atoms with E-state index in [4.69, 9.17) is 36.6 Å². The van der Waals surface area contributed by atoms with Gasteiger partial charge in [-0.3, -0.25) is 4.52 Å². The van der Waals surface area contributed by atoms with Crippen LogP contribution >= 0.6 is 14.5 Å². The first-order valence-corrected chi connectivity index (χ1v) is 16.0. The van der Waals surface area contributed by atoms with Gasteiger partial charge in [0.1, 0.15) is 49.1 Å². The summed E-state index contributed by atoms with van der Waals surface area (Å²) in [5, 5.41) is 67.1. The molecule has 0 aliphatic carbocycles. The van der Waals surface area contributed by atoms with Gasteiger partial charge in [0.2, 0.25) is 5.67 Å². The molecule has 4 rings (SSSR count). The van der Waals surface area contributed by atoms with Crippen LogP contribution in [0.3, 0.4) is 0 Å². The van der Waals surface area contributed by atoms with E-state index in [0.717, 1.165) is 17.1 Å². The van der Waals surface area contributed by atoms with Crippen LogP contribution in [0.5, 0.6) is 0 Å². The lowest BCUT2D eigenvalue weighted by atomic mass is 9.96. The van der Waals surface area contributed by atoms with Crippen LogP contribution in [0.25, 0.3) is 11.2 Å². The average Bonchev–Trinajstić information content (AvgIpc) is 3.46. The van der Waals surface area contributed by atoms with Gasteiger partial charge in [-0.2, -0.15) is 4.68 Å². The van der Waals surface area contributed by atoms with Crippen molar-refractivity contribution in [2.24, 2.45) is 0 Å². The third kappa shape index (κ3) is 6.86. The van der Waals surface area contributed by atoms with Crippen molar-refractivity contribution >= 4 is 43.3 Å². The molecule has 4 heterocycles. The van der Waals surface area contributed by atoms with Crippen molar-refractivity contribution in [3.05, 3.63) is 24.7 Å². The van der Waals surface area contributed by atoms with Gasteiger partial charge in [0.25, 0.3) is 0 Å². The predicted molar refractivity (Wildman–Crippen MR) is 139 cm³/mol. The first-order valence-electron chi connectivity index (χ1n) is 11.9. The summed E-state index contributed by atoms with van der Waals surface area (Å²) >= 11 is 4.71. The van der Waals surface area contributed by atoms with Crippen LogP contribution in [0.1, 0.15) is 6.23 Å². The number of anilines is 1. The molecule has 0 radical (unpaired) electrons. The molecular weight excluding hydrogens is 649 g/mol. The topological polar surface area (TPSA) is 308 Å². The zero-order valence-corrected chi connectivity index (χ0v) is 24.1. The Kier molecular flexibility index (Phi) is 10.1. The van der Waals surface area contributed by atoms with Gasteiger partial charge in [-0.05, 0) is 11.8 Å². The number of phosphoric acid groups is 1. The molecule has 12 atom stereocenters. The molecule has 20 nitrogen and oxygen atoms in total. The van der Waals surface area contributed by atoms with Crippen LogP contribution in [0.15, 0.2) is 24.7 Å². The van der Waals surface area contributed by atoms with Crippen LogP contribution in [0, 0.1) is 0 Å². The van der Waals surface area contributed by atoms with E-state index >= 15 is 4.39 Å². The lowest BCUT2D eigenvalue weighted by molar-refractivity contribution is -0.292. The Morgan fingerprint density at radius 1 is 1.26 bits per heavy atom. The SMILES string of the molecule is C=C=C[C@@]1(F)[C@H](O)[C@@H](COP(O)(=S)OP(=O)(O)OC2OC([C@@H](O)CO)C(O)C(O)C2O)O[C@H]1n1nnc2c(N)ncnc21. The fraction of sp³-hybridized carbons (Fsp3) is 0.632. The van der Waals surface area contributed by atoms with Gasteiger partial charge < -0.3 is 60.2 Å². The molecule has 0 aromatic carbocycles. The van der Waals surface area contributed by atoms with Crippen molar-refractivity contribution in [2.75, 3.05) is 18.9 Å². The van der Waals surface area contributed by atoms with Crippen molar-refractivity contribution in [3.8, 4) is 0 Å². The highest BCUT2D eigenvalue weighted by atomic mass is 32.5. The van der Waals surface area contributed by atoms with Gasteiger partial charge >= 0.3 is 14.5 Å². The summed E-state index contributed by atoms with van der Waals surface area (Å²) < 4.78 is 54.2. The van der Waals surface area contributed by atoms with Crippen LogP contribution in [-0.2, 0) is 39.2 Å². The molecule has 2 aliphatic rings. The lowest BCUT2D eigenvalue weighted by Crippen LogP contribution is -2.61. The molecule has 24 heteroatoms. The van der Waals surface area contributed by atoms with E-state index in [-0.39, 0.29) is 17.0 Å². The second-order valence-electron chi connectivity index (χ2n) is 9.22. The Morgan fingerprint density at radius 2 is 1.95 bits per heavy atom. The Hall–Kier alpha value is -1.91. The predicted octanol–water partition coefficient (Wildman–Crippen LogP) is -3.36. The number of aromatic nitrogens is 5. The van der Waals surface area contributed by atoms with Crippen LogP contribution in [-0.4, -0.2) is 133 Å². The highest BCUT2D eigenvalue weighted by Crippen LogP contribution is 2.62. The maximum absolute atomic E-state index is 16.1.